The van der Waals surface area contributed by atoms with E-state index in [0.717, 1.165) is 16.7 Å². The van der Waals surface area contributed by atoms with Gasteiger partial charge in [0.05, 0.1) is 10.0 Å². The van der Waals surface area contributed by atoms with Gasteiger partial charge < -0.3 is 4.42 Å². The molecule has 96 valence electrons. The van der Waals surface area contributed by atoms with E-state index in [9.17, 15) is 0 Å². The zero-order valence-electron chi connectivity index (χ0n) is 10.3. The first kappa shape index (κ1) is 12.5. The van der Waals surface area contributed by atoms with E-state index in [-0.39, 0.29) is 0 Å². The molecule has 0 atom stereocenters. The monoisotopic (exact) mass is 291 g/mol. The predicted molar refractivity (Wildman–Crippen MR) is 78.0 cm³/mol. The van der Waals surface area contributed by atoms with Gasteiger partial charge in [0.1, 0.15) is 5.52 Å². The molecule has 3 aromatic rings. The van der Waals surface area contributed by atoms with Crippen LogP contribution in [0.1, 0.15) is 17.0 Å². The molecule has 0 aliphatic carbocycles. The average molecular weight is 292 g/mol. The second kappa shape index (κ2) is 4.87. The van der Waals surface area contributed by atoms with Gasteiger partial charge in [0.15, 0.2) is 11.5 Å². The van der Waals surface area contributed by atoms with Crippen molar-refractivity contribution >= 4 is 34.3 Å². The summed E-state index contributed by atoms with van der Waals surface area (Å²) in [4.78, 5) is 4.48. The second-order valence-electron chi connectivity index (χ2n) is 4.50. The van der Waals surface area contributed by atoms with Gasteiger partial charge in [-0.05, 0) is 42.3 Å². The van der Waals surface area contributed by atoms with Gasteiger partial charge in [-0.15, -0.1) is 0 Å². The highest BCUT2D eigenvalue weighted by Crippen LogP contribution is 2.25. The maximum absolute atomic E-state index is 6.00. The molecule has 0 unspecified atom stereocenters. The van der Waals surface area contributed by atoms with Crippen LogP contribution in [-0.2, 0) is 6.42 Å². The fraction of sp³-hybridized carbons (Fsp3) is 0.133. The van der Waals surface area contributed by atoms with Crippen LogP contribution in [-0.4, -0.2) is 4.98 Å². The van der Waals surface area contributed by atoms with Crippen molar-refractivity contribution in [3.8, 4) is 0 Å². The zero-order chi connectivity index (χ0) is 13.4. The van der Waals surface area contributed by atoms with Crippen LogP contribution in [0.25, 0.3) is 11.1 Å². The Morgan fingerprint density at radius 2 is 1.89 bits per heavy atom. The molecule has 0 aliphatic heterocycles. The number of benzene rings is 2. The lowest BCUT2D eigenvalue weighted by atomic mass is 10.1. The molecule has 4 heteroatoms. The van der Waals surface area contributed by atoms with E-state index in [1.807, 2.05) is 37.3 Å². The van der Waals surface area contributed by atoms with Crippen molar-refractivity contribution in [3.05, 3.63) is 63.5 Å². The lowest BCUT2D eigenvalue weighted by Crippen LogP contribution is -1.88. The molecule has 0 amide bonds. The maximum atomic E-state index is 6.00. The Balaban J connectivity index is 1.94. The van der Waals surface area contributed by atoms with Crippen molar-refractivity contribution in [2.45, 2.75) is 13.3 Å². The molecular formula is C15H11Cl2NO. The second-order valence-corrected chi connectivity index (χ2v) is 5.32. The molecule has 1 aromatic heterocycles. The fourth-order valence-corrected chi connectivity index (χ4v) is 2.31. The van der Waals surface area contributed by atoms with E-state index in [4.69, 9.17) is 27.6 Å². The summed E-state index contributed by atoms with van der Waals surface area (Å²) in [5, 5.41) is 1.10. The maximum Gasteiger partial charge on any atom is 0.199 e. The highest BCUT2D eigenvalue weighted by atomic mass is 35.5. The number of aromatic nitrogens is 1. The Kier molecular flexibility index (Phi) is 3.21. The number of nitrogens with zero attached hydrogens (tertiary/aromatic N) is 1. The van der Waals surface area contributed by atoms with Crippen LogP contribution >= 0.6 is 23.2 Å². The van der Waals surface area contributed by atoms with E-state index in [2.05, 4.69) is 4.98 Å². The van der Waals surface area contributed by atoms with Crippen LogP contribution in [0.3, 0.4) is 0 Å². The Labute approximate surface area is 121 Å². The molecule has 0 N–H and O–H groups in total. The van der Waals surface area contributed by atoms with E-state index < -0.39 is 0 Å². The van der Waals surface area contributed by atoms with Crippen molar-refractivity contribution in [1.29, 1.82) is 0 Å². The van der Waals surface area contributed by atoms with Crippen LogP contribution < -0.4 is 0 Å². The molecule has 3 rings (SSSR count). The van der Waals surface area contributed by atoms with Gasteiger partial charge in [-0.1, -0.05) is 35.3 Å². The van der Waals surface area contributed by atoms with E-state index in [0.29, 0.717) is 22.4 Å². The normalized spacial score (nSPS) is 11.1. The van der Waals surface area contributed by atoms with Crippen molar-refractivity contribution < 1.29 is 4.42 Å². The molecule has 0 radical (unpaired) electrons. The summed E-state index contributed by atoms with van der Waals surface area (Å²) in [5.74, 6) is 0.680. The quantitative estimate of drug-likeness (QED) is 0.661. The molecule has 1 heterocycles. The number of fused-ring (bicyclic) bond motifs is 1. The minimum Gasteiger partial charge on any atom is -0.440 e. The highest BCUT2D eigenvalue weighted by Gasteiger charge is 2.08. The third-order valence-corrected chi connectivity index (χ3v) is 3.67. The standard InChI is InChI=1S/C15H11Cl2NO/c1-9-2-5-14-13(6-9)18-15(19-14)8-10-3-4-11(16)12(17)7-10/h2-7H,8H2,1H3. The molecule has 19 heavy (non-hydrogen) atoms. The largest absolute Gasteiger partial charge is 0.440 e. The predicted octanol–water partition coefficient (Wildman–Crippen LogP) is 5.03. The number of rotatable bonds is 2. The number of oxazole rings is 1. The van der Waals surface area contributed by atoms with Crippen molar-refractivity contribution in [2.24, 2.45) is 0 Å². The Morgan fingerprint density at radius 1 is 1.05 bits per heavy atom. The average Bonchev–Trinajstić information content (AvgIpc) is 2.75. The van der Waals surface area contributed by atoms with Crippen LogP contribution in [0.5, 0.6) is 0 Å². The zero-order valence-corrected chi connectivity index (χ0v) is 11.8. The number of hydrogen-bond acceptors (Lipinski definition) is 2. The van der Waals surface area contributed by atoms with E-state index >= 15 is 0 Å². The summed E-state index contributed by atoms with van der Waals surface area (Å²) in [6, 6.07) is 11.5. The van der Waals surface area contributed by atoms with E-state index in [1.165, 1.54) is 5.56 Å². The lowest BCUT2D eigenvalue weighted by molar-refractivity contribution is 0.544. The molecule has 0 spiro atoms. The van der Waals surface area contributed by atoms with Crippen LogP contribution in [0.2, 0.25) is 10.0 Å². The number of halogens is 2. The van der Waals surface area contributed by atoms with Gasteiger partial charge in [0.25, 0.3) is 0 Å². The molecule has 0 aliphatic rings. The van der Waals surface area contributed by atoms with Crippen LogP contribution in [0.15, 0.2) is 40.8 Å². The molecular weight excluding hydrogens is 281 g/mol. The first-order valence-corrected chi connectivity index (χ1v) is 6.67. The summed E-state index contributed by atoms with van der Waals surface area (Å²) >= 11 is 11.9. The highest BCUT2D eigenvalue weighted by molar-refractivity contribution is 6.42. The molecule has 2 nitrogen and oxygen atoms in total. The SMILES string of the molecule is Cc1ccc2oc(Cc3ccc(Cl)c(Cl)c3)nc2c1. The number of aryl methyl sites for hydroxylation is 1. The first-order valence-electron chi connectivity index (χ1n) is 5.92. The van der Waals surface area contributed by atoms with Crippen molar-refractivity contribution in [1.82, 2.24) is 4.98 Å². The van der Waals surface area contributed by atoms with Gasteiger partial charge in [0.2, 0.25) is 0 Å². The Hall–Kier alpha value is -1.51. The van der Waals surface area contributed by atoms with Crippen molar-refractivity contribution in [3.63, 3.8) is 0 Å². The van der Waals surface area contributed by atoms with E-state index in [1.54, 1.807) is 6.07 Å². The van der Waals surface area contributed by atoms with Crippen LogP contribution in [0.4, 0.5) is 0 Å². The van der Waals surface area contributed by atoms with Gasteiger partial charge in [0, 0.05) is 6.42 Å². The summed E-state index contributed by atoms with van der Waals surface area (Å²) in [5.41, 5.74) is 3.88. The topological polar surface area (TPSA) is 26.0 Å². The fourth-order valence-electron chi connectivity index (χ4n) is 1.99. The molecule has 0 saturated heterocycles. The summed E-state index contributed by atoms with van der Waals surface area (Å²) in [7, 11) is 0. The first-order chi connectivity index (χ1) is 9.11. The molecule has 0 fully saturated rings. The minimum atomic E-state index is 0.547. The van der Waals surface area contributed by atoms with Gasteiger partial charge in [-0.2, -0.15) is 0 Å². The molecule has 0 saturated carbocycles. The smallest absolute Gasteiger partial charge is 0.199 e. The molecule has 2 aromatic carbocycles. The Morgan fingerprint density at radius 3 is 2.68 bits per heavy atom. The number of hydrogen-bond donors (Lipinski definition) is 0. The Bertz CT molecular complexity index is 749. The third kappa shape index (κ3) is 2.60. The molecule has 0 bridgehead atoms. The van der Waals surface area contributed by atoms with Gasteiger partial charge >= 0.3 is 0 Å². The summed E-state index contributed by atoms with van der Waals surface area (Å²) in [6.45, 7) is 2.03. The van der Waals surface area contributed by atoms with Crippen LogP contribution in [0, 0.1) is 6.92 Å². The minimum absolute atomic E-state index is 0.547. The van der Waals surface area contributed by atoms with Gasteiger partial charge in [-0.25, -0.2) is 4.98 Å². The lowest BCUT2D eigenvalue weighted by Gasteiger charge is -1.99. The van der Waals surface area contributed by atoms with Crippen molar-refractivity contribution in [2.75, 3.05) is 0 Å². The summed E-state index contributed by atoms with van der Waals surface area (Å²) in [6.07, 6.45) is 0.602. The third-order valence-electron chi connectivity index (χ3n) is 2.93. The summed E-state index contributed by atoms with van der Waals surface area (Å²) < 4.78 is 5.71. The van der Waals surface area contributed by atoms with Gasteiger partial charge in [-0.3, -0.25) is 0 Å².